The van der Waals surface area contributed by atoms with Crippen LogP contribution >= 0.6 is 0 Å². The third kappa shape index (κ3) is 2.62. The lowest BCUT2D eigenvalue weighted by molar-refractivity contribution is -0.157. The number of aromatic amines is 1. The zero-order chi connectivity index (χ0) is 16.6. The van der Waals surface area contributed by atoms with Crippen LogP contribution in [0.3, 0.4) is 0 Å². The highest BCUT2D eigenvalue weighted by atomic mass is 16.4. The van der Waals surface area contributed by atoms with Crippen LogP contribution in [0.25, 0.3) is 22.0 Å². The van der Waals surface area contributed by atoms with Crippen LogP contribution in [0, 0.1) is 0 Å². The summed E-state index contributed by atoms with van der Waals surface area (Å²) in [6, 6.07) is 16.6. The number of rotatable bonds is 3. The van der Waals surface area contributed by atoms with Gasteiger partial charge in [0.15, 0.2) is 5.60 Å². The number of hydrogen-bond donors (Lipinski definition) is 3. The molecule has 5 heteroatoms. The van der Waals surface area contributed by atoms with E-state index in [4.69, 9.17) is 5.11 Å². The number of hydrogen-bond acceptors (Lipinski definition) is 3. The fourth-order valence-electron chi connectivity index (χ4n) is 2.50. The number of aliphatic hydroxyl groups is 1. The average Bonchev–Trinajstić information content (AvgIpc) is 2.54. The van der Waals surface area contributed by atoms with Crippen LogP contribution in [-0.4, -0.2) is 21.2 Å². The van der Waals surface area contributed by atoms with Crippen molar-refractivity contribution in [3.05, 3.63) is 70.5 Å². The summed E-state index contributed by atoms with van der Waals surface area (Å²) in [6.07, 6.45) is 0. The largest absolute Gasteiger partial charge is 0.479 e. The quantitative estimate of drug-likeness (QED) is 0.693. The number of aliphatic carboxylic acids is 1. The van der Waals surface area contributed by atoms with Crippen LogP contribution in [0.5, 0.6) is 0 Å². The van der Waals surface area contributed by atoms with E-state index in [2.05, 4.69) is 4.98 Å². The van der Waals surface area contributed by atoms with Crippen LogP contribution in [-0.2, 0) is 10.4 Å². The van der Waals surface area contributed by atoms with Crippen LogP contribution in [0.1, 0.15) is 12.5 Å². The molecule has 0 aliphatic carbocycles. The number of benzene rings is 2. The van der Waals surface area contributed by atoms with Gasteiger partial charge in [-0.3, -0.25) is 4.79 Å². The summed E-state index contributed by atoms with van der Waals surface area (Å²) >= 11 is 0. The van der Waals surface area contributed by atoms with E-state index in [-0.39, 0.29) is 5.56 Å². The summed E-state index contributed by atoms with van der Waals surface area (Å²) in [5, 5.41) is 21.1. The van der Waals surface area contributed by atoms with Gasteiger partial charge < -0.3 is 15.2 Å². The van der Waals surface area contributed by atoms with Crippen molar-refractivity contribution in [2.45, 2.75) is 12.5 Å². The second kappa shape index (κ2) is 5.37. The van der Waals surface area contributed by atoms with Crippen molar-refractivity contribution in [2.24, 2.45) is 0 Å². The number of H-pyrrole nitrogens is 1. The topological polar surface area (TPSA) is 90.4 Å². The molecule has 3 rings (SSSR count). The molecule has 1 unspecified atom stereocenters. The first-order chi connectivity index (χ1) is 10.9. The zero-order valence-corrected chi connectivity index (χ0v) is 12.4. The van der Waals surface area contributed by atoms with E-state index in [1.807, 2.05) is 42.5 Å². The van der Waals surface area contributed by atoms with Gasteiger partial charge in [-0.15, -0.1) is 0 Å². The van der Waals surface area contributed by atoms with Gasteiger partial charge in [0.1, 0.15) is 0 Å². The molecule has 0 bridgehead atoms. The standard InChI is InChI=1S/C18H15NO4/c1-18(23,17(21)22)14-8-9-15(19-16(14)20)13-7-6-11-4-2-3-5-12(11)10-13/h2-10,23H,1H3,(H,19,20)(H,21,22). The highest BCUT2D eigenvalue weighted by Crippen LogP contribution is 2.24. The molecule has 2 aromatic carbocycles. The lowest BCUT2D eigenvalue weighted by atomic mass is 9.96. The molecule has 0 aliphatic rings. The molecule has 0 radical (unpaired) electrons. The number of aromatic nitrogens is 1. The van der Waals surface area contributed by atoms with E-state index >= 15 is 0 Å². The monoisotopic (exact) mass is 309 g/mol. The van der Waals surface area contributed by atoms with E-state index in [0.29, 0.717) is 5.69 Å². The molecule has 0 saturated carbocycles. The van der Waals surface area contributed by atoms with Gasteiger partial charge in [-0.05, 0) is 41.5 Å². The van der Waals surface area contributed by atoms with Crippen molar-refractivity contribution < 1.29 is 15.0 Å². The Kier molecular flexibility index (Phi) is 3.50. The molecular formula is C18H15NO4. The van der Waals surface area contributed by atoms with Gasteiger partial charge in [-0.25, -0.2) is 4.79 Å². The minimum absolute atomic E-state index is 0.200. The Morgan fingerprint density at radius 2 is 1.74 bits per heavy atom. The van der Waals surface area contributed by atoms with Crippen LogP contribution < -0.4 is 5.56 Å². The fraction of sp³-hybridized carbons (Fsp3) is 0.111. The van der Waals surface area contributed by atoms with Crippen molar-refractivity contribution in [3.8, 4) is 11.3 Å². The molecule has 1 aromatic heterocycles. The maximum Gasteiger partial charge on any atom is 0.340 e. The molecule has 116 valence electrons. The second-order valence-corrected chi connectivity index (χ2v) is 5.55. The summed E-state index contributed by atoms with van der Waals surface area (Å²) in [5.41, 5.74) is -1.68. The summed E-state index contributed by atoms with van der Waals surface area (Å²) in [5.74, 6) is -1.47. The molecule has 0 amide bonds. The van der Waals surface area contributed by atoms with Crippen molar-refractivity contribution in [1.82, 2.24) is 4.98 Å². The summed E-state index contributed by atoms with van der Waals surface area (Å²) in [6.45, 7) is 1.08. The van der Waals surface area contributed by atoms with Gasteiger partial charge in [-0.1, -0.05) is 36.4 Å². The highest BCUT2D eigenvalue weighted by Gasteiger charge is 2.34. The Morgan fingerprint density at radius 3 is 2.39 bits per heavy atom. The van der Waals surface area contributed by atoms with E-state index < -0.39 is 17.1 Å². The van der Waals surface area contributed by atoms with Crippen LogP contribution in [0.2, 0.25) is 0 Å². The van der Waals surface area contributed by atoms with Crippen LogP contribution in [0.15, 0.2) is 59.4 Å². The van der Waals surface area contributed by atoms with E-state index in [9.17, 15) is 14.7 Å². The molecule has 1 heterocycles. The van der Waals surface area contributed by atoms with E-state index in [0.717, 1.165) is 23.3 Å². The minimum atomic E-state index is -2.23. The molecule has 1 atom stereocenters. The number of carboxylic acids is 1. The normalized spacial score (nSPS) is 13.7. The number of carbonyl (C=O) groups is 1. The second-order valence-electron chi connectivity index (χ2n) is 5.55. The Bertz CT molecular complexity index is 956. The molecule has 0 spiro atoms. The zero-order valence-electron chi connectivity index (χ0n) is 12.4. The lowest BCUT2D eigenvalue weighted by Crippen LogP contribution is -2.37. The smallest absolute Gasteiger partial charge is 0.340 e. The van der Waals surface area contributed by atoms with E-state index in [1.54, 1.807) is 6.07 Å². The maximum absolute atomic E-state index is 12.1. The van der Waals surface area contributed by atoms with Gasteiger partial charge in [0.2, 0.25) is 0 Å². The first-order valence-electron chi connectivity index (χ1n) is 7.08. The summed E-state index contributed by atoms with van der Waals surface area (Å²) < 4.78 is 0. The third-order valence-electron chi connectivity index (χ3n) is 3.91. The minimum Gasteiger partial charge on any atom is -0.479 e. The first-order valence-corrected chi connectivity index (χ1v) is 7.08. The lowest BCUT2D eigenvalue weighted by Gasteiger charge is -2.17. The molecule has 0 fully saturated rings. The molecular weight excluding hydrogens is 294 g/mol. The molecule has 3 N–H and O–H groups in total. The van der Waals surface area contributed by atoms with Gasteiger partial charge >= 0.3 is 5.97 Å². The van der Waals surface area contributed by atoms with Crippen molar-refractivity contribution in [1.29, 1.82) is 0 Å². The van der Waals surface area contributed by atoms with Gasteiger partial charge in [-0.2, -0.15) is 0 Å². The number of pyridine rings is 1. The summed E-state index contributed by atoms with van der Waals surface area (Å²) in [4.78, 5) is 25.9. The van der Waals surface area contributed by atoms with Gasteiger partial charge in [0.25, 0.3) is 5.56 Å². The third-order valence-corrected chi connectivity index (χ3v) is 3.91. The van der Waals surface area contributed by atoms with Crippen molar-refractivity contribution >= 4 is 16.7 Å². The van der Waals surface area contributed by atoms with Crippen LogP contribution in [0.4, 0.5) is 0 Å². The van der Waals surface area contributed by atoms with Crippen molar-refractivity contribution in [2.75, 3.05) is 0 Å². The SMILES string of the molecule is CC(O)(C(=O)O)c1ccc(-c2ccc3ccccc3c2)[nH]c1=O. The molecule has 0 saturated heterocycles. The van der Waals surface area contributed by atoms with Gasteiger partial charge in [0, 0.05) is 5.69 Å². The first kappa shape index (κ1) is 15.0. The molecule has 0 aliphatic heterocycles. The Labute approximate surface area is 131 Å². The maximum atomic E-state index is 12.1. The molecule has 3 aromatic rings. The highest BCUT2D eigenvalue weighted by molar-refractivity contribution is 5.86. The Balaban J connectivity index is 2.09. The Hall–Kier alpha value is -2.92. The average molecular weight is 309 g/mol. The van der Waals surface area contributed by atoms with Gasteiger partial charge in [0.05, 0.1) is 5.56 Å². The number of fused-ring (bicyclic) bond motifs is 1. The molecule has 23 heavy (non-hydrogen) atoms. The molecule has 5 nitrogen and oxygen atoms in total. The number of carboxylic acid groups (broad SMARTS) is 1. The summed E-state index contributed by atoms with van der Waals surface area (Å²) in [7, 11) is 0. The predicted molar refractivity (Wildman–Crippen MR) is 87.2 cm³/mol. The predicted octanol–water partition coefficient (Wildman–Crippen LogP) is 2.49. The fourth-order valence-corrected chi connectivity index (χ4v) is 2.50. The Morgan fingerprint density at radius 1 is 1.04 bits per heavy atom. The van der Waals surface area contributed by atoms with E-state index in [1.165, 1.54) is 6.07 Å². The van der Waals surface area contributed by atoms with Crippen molar-refractivity contribution in [3.63, 3.8) is 0 Å². The number of nitrogens with one attached hydrogen (secondary N) is 1.